The monoisotopic (exact) mass is 483 g/mol. The van der Waals surface area contributed by atoms with Crippen LogP contribution in [-0.2, 0) is 6.18 Å². The normalized spacial score (nSPS) is 11.7. The molecule has 180 valence electrons. The Hall–Kier alpha value is -4.28. The van der Waals surface area contributed by atoms with Crippen LogP contribution in [0.4, 0.5) is 24.5 Å². The maximum atomic E-state index is 13.9. The summed E-state index contributed by atoms with van der Waals surface area (Å²) < 4.78 is 42.1. The van der Waals surface area contributed by atoms with Crippen LogP contribution in [0.1, 0.15) is 46.9 Å². The molecular formula is C24H20F3N5O3. The van der Waals surface area contributed by atoms with Gasteiger partial charge in [0.1, 0.15) is 5.56 Å². The first kappa shape index (κ1) is 23.9. The fourth-order valence-corrected chi connectivity index (χ4v) is 3.60. The van der Waals surface area contributed by atoms with E-state index >= 15 is 0 Å². The molecule has 0 bridgehead atoms. The third-order valence-corrected chi connectivity index (χ3v) is 5.55. The molecule has 0 radical (unpaired) electrons. The highest BCUT2D eigenvalue weighted by atomic mass is 19.4. The van der Waals surface area contributed by atoms with Crippen molar-refractivity contribution in [2.75, 3.05) is 5.32 Å². The minimum Gasteiger partial charge on any atom is -0.322 e. The largest absolute Gasteiger partial charge is 0.433 e. The van der Waals surface area contributed by atoms with E-state index in [2.05, 4.69) is 15.4 Å². The zero-order chi connectivity index (χ0) is 25.5. The Bertz CT molecular complexity index is 1440. The number of rotatable bonds is 5. The Kier molecular flexibility index (Phi) is 6.01. The van der Waals surface area contributed by atoms with E-state index in [0.717, 1.165) is 17.8 Å². The second-order valence-electron chi connectivity index (χ2n) is 8.31. The number of hydrogen-bond acceptors (Lipinski definition) is 5. The smallest absolute Gasteiger partial charge is 0.322 e. The van der Waals surface area contributed by atoms with Crippen molar-refractivity contribution in [2.24, 2.45) is 0 Å². The molecule has 0 unspecified atom stereocenters. The number of halogens is 3. The number of aromatic nitrogens is 3. The molecule has 4 aromatic rings. The van der Waals surface area contributed by atoms with Crippen LogP contribution in [0.5, 0.6) is 0 Å². The van der Waals surface area contributed by atoms with Crippen molar-refractivity contribution in [3.05, 3.63) is 87.2 Å². The summed E-state index contributed by atoms with van der Waals surface area (Å²) in [5.74, 6) is -0.497. The summed E-state index contributed by atoms with van der Waals surface area (Å²) in [5.41, 5.74) is 0.553. The lowest BCUT2D eigenvalue weighted by molar-refractivity contribution is -0.384. The van der Waals surface area contributed by atoms with Crippen molar-refractivity contribution in [3.8, 4) is 11.3 Å². The second-order valence-corrected chi connectivity index (χ2v) is 8.31. The summed E-state index contributed by atoms with van der Waals surface area (Å²) in [6.07, 6.45) is -3.73. The molecule has 2 heterocycles. The third kappa shape index (κ3) is 4.70. The molecule has 0 saturated heterocycles. The Labute approximate surface area is 197 Å². The predicted molar refractivity (Wildman–Crippen MR) is 123 cm³/mol. The highest BCUT2D eigenvalue weighted by molar-refractivity contribution is 6.08. The van der Waals surface area contributed by atoms with Gasteiger partial charge in [0, 0.05) is 23.4 Å². The van der Waals surface area contributed by atoms with Crippen molar-refractivity contribution < 1.29 is 22.9 Å². The second kappa shape index (κ2) is 8.82. The Balaban J connectivity index is 1.78. The van der Waals surface area contributed by atoms with Gasteiger partial charge >= 0.3 is 6.18 Å². The van der Waals surface area contributed by atoms with Crippen LogP contribution in [0.25, 0.3) is 16.9 Å². The molecule has 0 spiro atoms. The van der Waals surface area contributed by atoms with Crippen LogP contribution >= 0.6 is 0 Å². The summed E-state index contributed by atoms with van der Waals surface area (Å²) in [4.78, 5) is 27.7. The Morgan fingerprint density at radius 1 is 1.11 bits per heavy atom. The van der Waals surface area contributed by atoms with Gasteiger partial charge in [-0.25, -0.2) is 9.50 Å². The predicted octanol–water partition coefficient (Wildman–Crippen LogP) is 6.01. The lowest BCUT2D eigenvalue weighted by Crippen LogP contribution is -2.16. The minimum absolute atomic E-state index is 0.0428. The lowest BCUT2D eigenvalue weighted by Gasteiger charge is -2.13. The van der Waals surface area contributed by atoms with Gasteiger partial charge in [-0.15, -0.1) is 0 Å². The number of fused-ring (bicyclic) bond motifs is 1. The van der Waals surface area contributed by atoms with Crippen LogP contribution in [-0.4, -0.2) is 25.4 Å². The lowest BCUT2D eigenvalue weighted by atomic mass is 10.0. The van der Waals surface area contributed by atoms with Gasteiger partial charge < -0.3 is 5.32 Å². The highest BCUT2D eigenvalue weighted by Gasteiger charge is 2.36. The number of nitrogens with one attached hydrogen (secondary N) is 1. The van der Waals surface area contributed by atoms with Crippen molar-refractivity contribution >= 4 is 22.9 Å². The molecule has 0 atom stereocenters. The maximum absolute atomic E-state index is 13.9. The van der Waals surface area contributed by atoms with Crippen molar-refractivity contribution in [1.29, 1.82) is 0 Å². The Morgan fingerprint density at radius 3 is 2.37 bits per heavy atom. The fraction of sp³-hybridized carbons (Fsp3) is 0.208. The number of aryl methyl sites for hydroxylation is 1. The topological polar surface area (TPSA) is 102 Å². The molecular weight excluding hydrogens is 463 g/mol. The summed E-state index contributed by atoms with van der Waals surface area (Å²) in [6.45, 7) is 5.58. The van der Waals surface area contributed by atoms with E-state index in [0.29, 0.717) is 15.6 Å². The number of anilines is 1. The molecule has 0 fully saturated rings. The molecule has 35 heavy (non-hydrogen) atoms. The van der Waals surface area contributed by atoms with E-state index < -0.39 is 22.7 Å². The fourth-order valence-electron chi connectivity index (χ4n) is 3.60. The molecule has 0 aliphatic heterocycles. The van der Waals surface area contributed by atoms with Crippen LogP contribution in [0.2, 0.25) is 0 Å². The first-order valence-corrected chi connectivity index (χ1v) is 10.6. The summed E-state index contributed by atoms with van der Waals surface area (Å²) in [7, 11) is 0. The van der Waals surface area contributed by atoms with Gasteiger partial charge in [0.05, 0.1) is 16.8 Å². The maximum Gasteiger partial charge on any atom is 0.433 e. The minimum atomic E-state index is -4.75. The molecule has 2 aromatic carbocycles. The Morgan fingerprint density at radius 2 is 1.80 bits per heavy atom. The van der Waals surface area contributed by atoms with Crippen LogP contribution in [0.15, 0.2) is 54.7 Å². The molecule has 4 rings (SSSR count). The number of nitro groups is 1. The van der Waals surface area contributed by atoms with E-state index in [4.69, 9.17) is 0 Å². The van der Waals surface area contributed by atoms with E-state index in [9.17, 15) is 28.1 Å². The first-order valence-electron chi connectivity index (χ1n) is 10.6. The molecule has 2 aromatic heterocycles. The van der Waals surface area contributed by atoms with Gasteiger partial charge in [-0.3, -0.25) is 14.9 Å². The number of nitrogens with zero attached hydrogens (tertiary/aromatic N) is 4. The van der Waals surface area contributed by atoms with Gasteiger partial charge in [0.2, 0.25) is 0 Å². The van der Waals surface area contributed by atoms with Gasteiger partial charge in [-0.2, -0.15) is 18.3 Å². The molecule has 1 N–H and O–H groups in total. The van der Waals surface area contributed by atoms with Gasteiger partial charge in [0.15, 0.2) is 11.3 Å². The quantitative estimate of drug-likeness (QED) is 0.277. The number of amides is 1. The number of hydrogen-bond donors (Lipinski definition) is 1. The van der Waals surface area contributed by atoms with Crippen molar-refractivity contribution in [2.45, 2.75) is 32.9 Å². The number of nitro benzene ring substituents is 1. The summed E-state index contributed by atoms with van der Waals surface area (Å²) in [5, 5.41) is 17.3. The highest BCUT2D eigenvalue weighted by Crippen LogP contribution is 2.33. The molecule has 8 nitrogen and oxygen atoms in total. The zero-order valence-corrected chi connectivity index (χ0v) is 18.9. The SMILES string of the molecule is Cc1cc([N+](=O)[O-])ccc1NC(=O)c1cnn2c(C(F)(F)F)cc(-c3ccc(C(C)C)cc3)nc12. The number of non-ortho nitro benzene ring substituents is 1. The average molecular weight is 483 g/mol. The van der Waals surface area contributed by atoms with Gasteiger partial charge in [-0.05, 0) is 36.1 Å². The van der Waals surface area contributed by atoms with Gasteiger partial charge in [-0.1, -0.05) is 38.1 Å². The number of alkyl halides is 3. The average Bonchev–Trinajstić information content (AvgIpc) is 3.23. The summed E-state index contributed by atoms with van der Waals surface area (Å²) >= 11 is 0. The molecule has 0 aliphatic rings. The number of carbonyl (C=O) groups is 1. The van der Waals surface area contributed by atoms with E-state index in [-0.39, 0.29) is 34.2 Å². The number of carbonyl (C=O) groups excluding carboxylic acids is 1. The standard InChI is InChI=1S/C24H20F3N5O3/c1-13(2)15-4-6-16(7-5-15)20-11-21(24(25,26)27)31-22(29-20)18(12-28-31)23(33)30-19-9-8-17(32(34)35)10-14(19)3/h4-13H,1-3H3,(H,30,33). The molecule has 11 heteroatoms. The van der Waals surface area contributed by atoms with Crippen LogP contribution < -0.4 is 5.32 Å². The third-order valence-electron chi connectivity index (χ3n) is 5.55. The van der Waals surface area contributed by atoms with Crippen LogP contribution in [0.3, 0.4) is 0 Å². The molecule has 0 saturated carbocycles. The molecule has 0 aliphatic carbocycles. The zero-order valence-electron chi connectivity index (χ0n) is 18.9. The molecule has 1 amide bonds. The van der Waals surface area contributed by atoms with E-state index in [1.54, 1.807) is 19.1 Å². The van der Waals surface area contributed by atoms with E-state index in [1.165, 1.54) is 18.2 Å². The van der Waals surface area contributed by atoms with Crippen LogP contribution in [0, 0.1) is 17.0 Å². The summed E-state index contributed by atoms with van der Waals surface area (Å²) in [6, 6.07) is 11.8. The van der Waals surface area contributed by atoms with Crippen molar-refractivity contribution in [1.82, 2.24) is 14.6 Å². The first-order chi connectivity index (χ1) is 16.5. The van der Waals surface area contributed by atoms with Gasteiger partial charge in [0.25, 0.3) is 11.6 Å². The van der Waals surface area contributed by atoms with E-state index in [1.807, 2.05) is 26.0 Å². The van der Waals surface area contributed by atoms with Crippen molar-refractivity contribution in [3.63, 3.8) is 0 Å². The number of benzene rings is 2.